The summed E-state index contributed by atoms with van der Waals surface area (Å²) < 4.78 is 14.6. The molecular formula is C14H10FN3O. The molecule has 5 heteroatoms. The molecule has 0 saturated heterocycles. The van der Waals surface area contributed by atoms with Gasteiger partial charge in [0.05, 0.1) is 5.69 Å². The first-order chi connectivity index (χ1) is 9.28. The monoisotopic (exact) mass is 255 g/mol. The van der Waals surface area contributed by atoms with Gasteiger partial charge >= 0.3 is 0 Å². The molecule has 0 radical (unpaired) electrons. The van der Waals surface area contributed by atoms with Crippen molar-refractivity contribution in [2.75, 3.05) is 0 Å². The molecule has 0 fully saturated rings. The molecule has 0 spiro atoms. The van der Waals surface area contributed by atoms with Crippen LogP contribution in [0, 0.1) is 5.82 Å². The molecule has 4 nitrogen and oxygen atoms in total. The predicted octanol–water partition coefficient (Wildman–Crippen LogP) is 2.27. The van der Waals surface area contributed by atoms with Gasteiger partial charge in [0.25, 0.3) is 0 Å². The molecule has 94 valence electrons. The normalized spacial score (nSPS) is 10.8. The van der Waals surface area contributed by atoms with E-state index in [1.807, 2.05) is 0 Å². The molecule has 0 bridgehead atoms. The average molecular weight is 255 g/mol. The number of halogens is 1. The Labute approximate surface area is 108 Å². The Bertz CT molecular complexity index is 734. The first kappa shape index (κ1) is 11.5. The summed E-state index contributed by atoms with van der Waals surface area (Å²) in [6.45, 7) is 0. The largest absolute Gasteiger partial charge is 0.296 e. The molecule has 2 aromatic heterocycles. The summed E-state index contributed by atoms with van der Waals surface area (Å²) in [5, 5.41) is 8.10. The van der Waals surface area contributed by atoms with Crippen LogP contribution >= 0.6 is 0 Å². The number of aldehydes is 1. The SMILES string of the molecule is O=Cc1cccc2nnc(Cc3ccc(F)cc3)n12. The number of carbonyl (C=O) groups is 1. The van der Waals surface area contributed by atoms with E-state index < -0.39 is 0 Å². The zero-order chi connectivity index (χ0) is 13.2. The highest BCUT2D eigenvalue weighted by atomic mass is 19.1. The fourth-order valence-electron chi connectivity index (χ4n) is 2.02. The highest BCUT2D eigenvalue weighted by molar-refractivity contribution is 5.74. The second-order valence-electron chi connectivity index (χ2n) is 4.18. The summed E-state index contributed by atoms with van der Waals surface area (Å²) in [5.74, 6) is 0.382. The third kappa shape index (κ3) is 2.10. The van der Waals surface area contributed by atoms with Crippen molar-refractivity contribution in [2.24, 2.45) is 0 Å². The van der Waals surface area contributed by atoms with Gasteiger partial charge in [-0.2, -0.15) is 0 Å². The number of nitrogens with zero attached hydrogens (tertiary/aromatic N) is 3. The van der Waals surface area contributed by atoms with Crippen LogP contribution in [0.5, 0.6) is 0 Å². The Kier molecular flexibility index (Phi) is 2.79. The van der Waals surface area contributed by atoms with Crippen LogP contribution in [0.15, 0.2) is 42.5 Å². The van der Waals surface area contributed by atoms with Gasteiger partial charge in [-0.05, 0) is 29.8 Å². The van der Waals surface area contributed by atoms with E-state index in [1.54, 1.807) is 34.7 Å². The molecule has 2 heterocycles. The van der Waals surface area contributed by atoms with Gasteiger partial charge in [0.15, 0.2) is 11.9 Å². The lowest BCUT2D eigenvalue weighted by Gasteiger charge is -2.03. The van der Waals surface area contributed by atoms with Gasteiger partial charge < -0.3 is 0 Å². The molecule has 3 rings (SSSR count). The van der Waals surface area contributed by atoms with E-state index in [-0.39, 0.29) is 5.82 Å². The number of rotatable bonds is 3. The van der Waals surface area contributed by atoms with Gasteiger partial charge in [-0.1, -0.05) is 18.2 Å². The molecule has 3 aromatic rings. The molecule has 0 amide bonds. The highest BCUT2D eigenvalue weighted by Crippen LogP contribution is 2.12. The minimum Gasteiger partial charge on any atom is -0.296 e. The number of hydrogen-bond acceptors (Lipinski definition) is 3. The van der Waals surface area contributed by atoms with Crippen molar-refractivity contribution in [1.29, 1.82) is 0 Å². The van der Waals surface area contributed by atoms with Crippen LogP contribution in [0.2, 0.25) is 0 Å². The van der Waals surface area contributed by atoms with Gasteiger partial charge in [0.2, 0.25) is 0 Å². The van der Waals surface area contributed by atoms with Crippen LogP contribution in [-0.2, 0) is 6.42 Å². The molecule has 1 aromatic carbocycles. The third-order valence-corrected chi connectivity index (χ3v) is 2.92. The van der Waals surface area contributed by atoms with E-state index in [9.17, 15) is 9.18 Å². The van der Waals surface area contributed by atoms with Crippen molar-refractivity contribution in [3.8, 4) is 0 Å². The Morgan fingerprint density at radius 3 is 2.63 bits per heavy atom. The number of fused-ring (bicyclic) bond motifs is 1. The number of benzene rings is 1. The fraction of sp³-hybridized carbons (Fsp3) is 0.0714. The number of hydrogen-bond donors (Lipinski definition) is 0. The van der Waals surface area contributed by atoms with Crippen molar-refractivity contribution in [3.63, 3.8) is 0 Å². The first-order valence-electron chi connectivity index (χ1n) is 5.80. The molecule has 0 atom stereocenters. The molecule has 0 saturated carbocycles. The minimum absolute atomic E-state index is 0.275. The van der Waals surface area contributed by atoms with E-state index in [2.05, 4.69) is 10.2 Å². The fourth-order valence-corrected chi connectivity index (χ4v) is 2.02. The number of aromatic nitrogens is 3. The van der Waals surface area contributed by atoms with Crippen molar-refractivity contribution in [1.82, 2.24) is 14.6 Å². The lowest BCUT2D eigenvalue weighted by Crippen LogP contribution is -2.01. The maximum absolute atomic E-state index is 12.9. The molecular weight excluding hydrogens is 245 g/mol. The Balaban J connectivity index is 2.05. The van der Waals surface area contributed by atoms with Crippen LogP contribution in [0.4, 0.5) is 4.39 Å². The standard InChI is InChI=1S/C14H10FN3O/c15-11-6-4-10(5-7-11)8-14-17-16-13-3-1-2-12(9-19)18(13)14/h1-7,9H,8H2. The summed E-state index contributed by atoms with van der Waals surface area (Å²) in [6, 6.07) is 11.4. The van der Waals surface area contributed by atoms with Crippen molar-refractivity contribution >= 4 is 11.9 Å². The van der Waals surface area contributed by atoms with Crippen molar-refractivity contribution in [3.05, 3.63) is 65.4 Å². The molecule has 0 aliphatic heterocycles. The van der Waals surface area contributed by atoms with Gasteiger partial charge in [-0.15, -0.1) is 10.2 Å². The minimum atomic E-state index is -0.275. The highest BCUT2D eigenvalue weighted by Gasteiger charge is 2.09. The Morgan fingerprint density at radius 1 is 1.11 bits per heavy atom. The van der Waals surface area contributed by atoms with E-state index in [4.69, 9.17) is 0 Å². The zero-order valence-corrected chi connectivity index (χ0v) is 9.95. The maximum Gasteiger partial charge on any atom is 0.166 e. The molecule has 0 aliphatic rings. The van der Waals surface area contributed by atoms with Crippen LogP contribution in [0.25, 0.3) is 5.65 Å². The lowest BCUT2D eigenvalue weighted by atomic mass is 10.1. The topological polar surface area (TPSA) is 47.3 Å². The Hall–Kier alpha value is -2.56. The Morgan fingerprint density at radius 2 is 1.89 bits per heavy atom. The van der Waals surface area contributed by atoms with E-state index in [1.165, 1.54) is 12.1 Å². The molecule has 19 heavy (non-hydrogen) atoms. The van der Waals surface area contributed by atoms with Crippen LogP contribution in [-0.4, -0.2) is 20.9 Å². The average Bonchev–Trinajstić information content (AvgIpc) is 2.85. The van der Waals surface area contributed by atoms with E-state index >= 15 is 0 Å². The summed E-state index contributed by atoms with van der Waals surface area (Å²) in [4.78, 5) is 11.0. The van der Waals surface area contributed by atoms with Gasteiger partial charge in [0, 0.05) is 6.42 Å². The summed E-state index contributed by atoms with van der Waals surface area (Å²) in [7, 11) is 0. The molecule has 0 N–H and O–H groups in total. The predicted molar refractivity (Wildman–Crippen MR) is 67.6 cm³/mol. The van der Waals surface area contributed by atoms with Crippen molar-refractivity contribution in [2.45, 2.75) is 6.42 Å². The van der Waals surface area contributed by atoms with E-state index in [0.717, 1.165) is 11.8 Å². The van der Waals surface area contributed by atoms with Crippen LogP contribution in [0.1, 0.15) is 21.9 Å². The van der Waals surface area contributed by atoms with Gasteiger partial charge in [-0.25, -0.2) is 4.39 Å². The third-order valence-electron chi connectivity index (χ3n) is 2.92. The van der Waals surface area contributed by atoms with E-state index in [0.29, 0.717) is 23.6 Å². The molecule has 0 aliphatic carbocycles. The second kappa shape index (κ2) is 4.61. The first-order valence-corrected chi connectivity index (χ1v) is 5.80. The number of carbonyl (C=O) groups excluding carboxylic acids is 1. The zero-order valence-electron chi connectivity index (χ0n) is 9.95. The summed E-state index contributed by atoms with van der Waals surface area (Å²) >= 11 is 0. The van der Waals surface area contributed by atoms with Crippen LogP contribution < -0.4 is 0 Å². The maximum atomic E-state index is 12.9. The summed E-state index contributed by atoms with van der Waals surface area (Å²) in [5.41, 5.74) is 2.04. The number of pyridine rings is 1. The smallest absolute Gasteiger partial charge is 0.166 e. The van der Waals surface area contributed by atoms with Gasteiger partial charge in [-0.3, -0.25) is 9.20 Å². The van der Waals surface area contributed by atoms with Crippen LogP contribution in [0.3, 0.4) is 0 Å². The second-order valence-corrected chi connectivity index (χ2v) is 4.18. The lowest BCUT2D eigenvalue weighted by molar-refractivity contribution is 0.111. The van der Waals surface area contributed by atoms with Crippen molar-refractivity contribution < 1.29 is 9.18 Å². The quantitative estimate of drug-likeness (QED) is 0.674. The van der Waals surface area contributed by atoms with Gasteiger partial charge in [0.1, 0.15) is 11.6 Å². The summed E-state index contributed by atoms with van der Waals surface area (Å²) in [6.07, 6.45) is 1.26. The molecule has 0 unspecified atom stereocenters.